The van der Waals surface area contributed by atoms with Crippen molar-refractivity contribution >= 4 is 51.3 Å². The lowest BCUT2D eigenvalue weighted by molar-refractivity contribution is -0.385. The van der Waals surface area contributed by atoms with Crippen LogP contribution in [-0.2, 0) is 6.61 Å². The van der Waals surface area contributed by atoms with Gasteiger partial charge in [0, 0.05) is 35.3 Å². The number of fused-ring (bicyclic) bond motifs is 1. The van der Waals surface area contributed by atoms with E-state index in [1.807, 2.05) is 18.2 Å². The monoisotopic (exact) mass is 525 g/mol. The second-order valence-corrected chi connectivity index (χ2v) is 9.29. The lowest BCUT2D eigenvalue weighted by atomic mass is 10.1. The van der Waals surface area contributed by atoms with Gasteiger partial charge in [0.15, 0.2) is 5.75 Å². The summed E-state index contributed by atoms with van der Waals surface area (Å²) < 4.78 is 11.6. The molecule has 2 aromatic heterocycles. The van der Waals surface area contributed by atoms with E-state index in [9.17, 15) is 10.1 Å². The molecule has 0 amide bonds. The molecular formula is C25H21Cl2N5O4. The third-order valence-electron chi connectivity index (χ3n) is 5.98. The molecule has 1 aliphatic carbocycles. The number of ether oxygens (including phenoxy) is 2. The molecular weight excluding hydrogens is 505 g/mol. The summed E-state index contributed by atoms with van der Waals surface area (Å²) in [7, 11) is 0. The van der Waals surface area contributed by atoms with Gasteiger partial charge in [-0.05, 0) is 43.2 Å². The van der Waals surface area contributed by atoms with Crippen LogP contribution in [0.4, 0.5) is 17.2 Å². The van der Waals surface area contributed by atoms with Crippen molar-refractivity contribution in [3.8, 4) is 11.5 Å². The van der Waals surface area contributed by atoms with Crippen LogP contribution in [0.3, 0.4) is 0 Å². The van der Waals surface area contributed by atoms with Gasteiger partial charge in [-0.2, -0.15) is 0 Å². The number of alkyl halides is 1. The minimum atomic E-state index is -0.476. The number of aromatic nitrogens is 3. The van der Waals surface area contributed by atoms with Gasteiger partial charge in [0.25, 0.3) is 0 Å². The zero-order valence-electron chi connectivity index (χ0n) is 19.0. The maximum absolute atomic E-state index is 11.8. The van der Waals surface area contributed by atoms with Crippen LogP contribution in [-0.4, -0.2) is 32.4 Å². The fraction of sp³-hybridized carbons (Fsp3) is 0.240. The zero-order valence-corrected chi connectivity index (χ0v) is 20.5. The van der Waals surface area contributed by atoms with Gasteiger partial charge in [-0.15, -0.1) is 11.6 Å². The Morgan fingerprint density at radius 1 is 1.06 bits per heavy atom. The van der Waals surface area contributed by atoms with Crippen molar-refractivity contribution in [2.75, 3.05) is 17.8 Å². The molecule has 1 fully saturated rings. The standard InChI is InChI=1S/C25H21Cl2N5O4/c26-13-25(6-7-25)14-36-23-11-20-18(10-21(23)32(33)34)24(30-15-29-20)31-16-4-5-22(19(27)9-16)35-12-17-3-1-2-8-28-17/h1-5,8-11,15H,6-7,12-14H2,(H,29,30,31). The van der Waals surface area contributed by atoms with Crippen molar-refractivity contribution in [3.05, 3.63) is 81.9 Å². The van der Waals surface area contributed by atoms with E-state index in [-0.39, 0.29) is 23.5 Å². The number of nitrogens with one attached hydrogen (secondary N) is 1. The first kappa shape index (κ1) is 24.0. The molecule has 0 spiro atoms. The molecule has 1 saturated carbocycles. The molecule has 0 radical (unpaired) electrons. The van der Waals surface area contributed by atoms with E-state index in [2.05, 4.69) is 20.3 Å². The van der Waals surface area contributed by atoms with Crippen LogP contribution in [0.2, 0.25) is 5.02 Å². The SMILES string of the molecule is O=[N+]([O-])c1cc2c(Nc3ccc(OCc4ccccn4)c(Cl)c3)ncnc2cc1OCC1(CCl)CC1. The maximum atomic E-state index is 11.8. The van der Waals surface area contributed by atoms with Crippen LogP contribution < -0.4 is 14.8 Å². The number of rotatable bonds is 10. The van der Waals surface area contributed by atoms with Crippen molar-refractivity contribution in [1.29, 1.82) is 0 Å². The summed E-state index contributed by atoms with van der Waals surface area (Å²) in [4.78, 5) is 24.1. The van der Waals surface area contributed by atoms with Gasteiger partial charge in [0.1, 0.15) is 24.5 Å². The molecule has 5 rings (SSSR count). The third kappa shape index (κ3) is 5.27. The molecule has 2 heterocycles. The zero-order chi connectivity index (χ0) is 25.1. The summed E-state index contributed by atoms with van der Waals surface area (Å²) >= 11 is 12.4. The number of nitro groups is 1. The Kier molecular flexibility index (Phi) is 6.75. The minimum absolute atomic E-state index is 0.102. The molecule has 11 heteroatoms. The Hall–Kier alpha value is -3.69. The van der Waals surface area contributed by atoms with Gasteiger partial charge in [0.05, 0.1) is 33.1 Å². The van der Waals surface area contributed by atoms with Gasteiger partial charge in [-0.25, -0.2) is 9.97 Å². The van der Waals surface area contributed by atoms with Crippen LogP contribution in [0, 0.1) is 15.5 Å². The Balaban J connectivity index is 1.37. The first-order valence-corrected chi connectivity index (χ1v) is 12.1. The molecule has 0 atom stereocenters. The predicted molar refractivity (Wildman–Crippen MR) is 137 cm³/mol. The molecule has 9 nitrogen and oxygen atoms in total. The van der Waals surface area contributed by atoms with Crippen LogP contribution in [0.25, 0.3) is 10.9 Å². The molecule has 0 aliphatic heterocycles. The largest absolute Gasteiger partial charge is 0.486 e. The molecule has 0 unspecified atom stereocenters. The highest BCUT2D eigenvalue weighted by atomic mass is 35.5. The molecule has 2 aromatic carbocycles. The fourth-order valence-corrected chi connectivity index (χ4v) is 4.20. The van der Waals surface area contributed by atoms with E-state index in [1.54, 1.807) is 30.5 Å². The number of hydrogen-bond acceptors (Lipinski definition) is 8. The molecule has 0 bridgehead atoms. The van der Waals surface area contributed by atoms with Crippen molar-refractivity contribution in [2.24, 2.45) is 5.41 Å². The van der Waals surface area contributed by atoms with Crippen LogP contribution in [0.1, 0.15) is 18.5 Å². The minimum Gasteiger partial charge on any atom is -0.486 e. The number of benzene rings is 2. The summed E-state index contributed by atoms with van der Waals surface area (Å²) in [5.41, 5.74) is 1.65. The summed E-state index contributed by atoms with van der Waals surface area (Å²) in [6.45, 7) is 0.607. The van der Waals surface area contributed by atoms with Gasteiger partial charge >= 0.3 is 5.69 Å². The van der Waals surface area contributed by atoms with E-state index < -0.39 is 4.92 Å². The quantitative estimate of drug-likeness (QED) is 0.145. The Morgan fingerprint density at radius 3 is 2.61 bits per heavy atom. The predicted octanol–water partition coefficient (Wildman–Crippen LogP) is 6.31. The third-order valence-corrected chi connectivity index (χ3v) is 6.85. The Labute approximate surface area is 216 Å². The molecule has 36 heavy (non-hydrogen) atoms. The lowest BCUT2D eigenvalue weighted by Crippen LogP contribution is -2.15. The second kappa shape index (κ2) is 10.1. The normalized spacial score (nSPS) is 13.8. The maximum Gasteiger partial charge on any atom is 0.311 e. The Morgan fingerprint density at radius 2 is 1.92 bits per heavy atom. The highest BCUT2D eigenvalue weighted by Crippen LogP contribution is 2.47. The molecule has 0 saturated heterocycles. The molecule has 184 valence electrons. The second-order valence-electron chi connectivity index (χ2n) is 8.62. The molecule has 1 aliphatic rings. The van der Waals surface area contributed by atoms with E-state index in [4.69, 9.17) is 32.7 Å². The summed E-state index contributed by atoms with van der Waals surface area (Å²) in [6.07, 6.45) is 4.98. The fourth-order valence-electron chi connectivity index (χ4n) is 3.62. The van der Waals surface area contributed by atoms with Gasteiger partial charge in [-0.3, -0.25) is 15.1 Å². The highest BCUT2D eigenvalue weighted by molar-refractivity contribution is 6.32. The van der Waals surface area contributed by atoms with Crippen LogP contribution in [0.5, 0.6) is 11.5 Å². The van der Waals surface area contributed by atoms with Crippen LogP contribution >= 0.6 is 23.2 Å². The number of hydrogen-bond donors (Lipinski definition) is 1. The summed E-state index contributed by atoms with van der Waals surface area (Å²) in [6, 6.07) is 13.8. The topological polar surface area (TPSA) is 112 Å². The summed E-state index contributed by atoms with van der Waals surface area (Å²) in [5, 5.41) is 15.8. The van der Waals surface area contributed by atoms with E-state index in [0.717, 1.165) is 18.5 Å². The van der Waals surface area contributed by atoms with Crippen LogP contribution in [0.15, 0.2) is 61.1 Å². The van der Waals surface area contributed by atoms with E-state index in [1.165, 1.54) is 12.4 Å². The molecule has 4 aromatic rings. The Bertz CT molecular complexity index is 1420. The average molecular weight is 526 g/mol. The van der Waals surface area contributed by atoms with Crippen molar-refractivity contribution in [3.63, 3.8) is 0 Å². The van der Waals surface area contributed by atoms with E-state index >= 15 is 0 Å². The highest BCUT2D eigenvalue weighted by Gasteiger charge is 2.43. The van der Waals surface area contributed by atoms with Crippen molar-refractivity contribution < 1.29 is 14.4 Å². The van der Waals surface area contributed by atoms with Crippen molar-refractivity contribution in [1.82, 2.24) is 15.0 Å². The molecule has 1 N–H and O–H groups in total. The van der Waals surface area contributed by atoms with E-state index in [0.29, 0.717) is 45.7 Å². The number of nitro benzene ring substituents is 1. The first-order valence-electron chi connectivity index (χ1n) is 11.2. The smallest absolute Gasteiger partial charge is 0.311 e. The number of pyridine rings is 1. The number of nitrogens with zero attached hydrogens (tertiary/aromatic N) is 4. The number of halogens is 2. The van der Waals surface area contributed by atoms with Crippen molar-refractivity contribution in [2.45, 2.75) is 19.4 Å². The van der Waals surface area contributed by atoms with Gasteiger partial charge < -0.3 is 14.8 Å². The lowest BCUT2D eigenvalue weighted by Gasteiger charge is -2.14. The number of anilines is 2. The van der Waals surface area contributed by atoms with Gasteiger partial charge in [0.2, 0.25) is 0 Å². The first-order chi connectivity index (χ1) is 17.5. The average Bonchev–Trinajstić information content (AvgIpc) is 3.68. The van der Waals surface area contributed by atoms with Gasteiger partial charge in [-0.1, -0.05) is 17.7 Å². The summed E-state index contributed by atoms with van der Waals surface area (Å²) in [5.74, 6) is 1.52.